The molecule has 2 nitrogen and oxygen atoms in total. The van der Waals surface area contributed by atoms with Gasteiger partial charge in [0.25, 0.3) is 0 Å². The molecule has 0 bridgehead atoms. The van der Waals surface area contributed by atoms with E-state index in [0.717, 1.165) is 199 Å². The summed E-state index contributed by atoms with van der Waals surface area (Å²) >= 11 is 1.76. The SMILES string of the molecule is C=Cc1ccc(-c2ccc(C3(c4ccc(F)cc4)c4ccccc4-c4ccc(N(c5ccc(-c6cccc(-c7ccc(F)cc7)c6)cc5)c5ccc6c(c5)sc5cc(N(c7ccc(-c8cccc(-c9ccc(F)cc9)c8)cc7)c7ccc8c(c7)C(c7ccc(F)cc7)(c7ccc(-c9ccc(C=C)cc9)cc7)c7ccccc7-8)ccc56)cc43)cc2)cc1. The highest BCUT2D eigenvalue weighted by atomic mass is 32.1. The molecule has 0 radical (unpaired) electrons. The number of benzene rings is 18. The number of rotatable bonds is 18. The lowest BCUT2D eigenvalue weighted by molar-refractivity contribution is 0.624. The Hall–Kier alpha value is -15.0. The normalized spacial score (nSPS) is 14.2. The highest BCUT2D eigenvalue weighted by molar-refractivity contribution is 7.25. The molecule has 2 aliphatic carbocycles. The zero-order chi connectivity index (χ0) is 81.5. The van der Waals surface area contributed by atoms with Gasteiger partial charge in [-0.05, 0) is 278 Å². The van der Waals surface area contributed by atoms with E-state index in [4.69, 9.17) is 0 Å². The fourth-order valence-electron chi connectivity index (χ4n) is 18.8. The number of thiophene rings is 1. The van der Waals surface area contributed by atoms with Gasteiger partial charge >= 0.3 is 0 Å². The van der Waals surface area contributed by atoms with E-state index in [1.165, 1.54) is 24.3 Å². The van der Waals surface area contributed by atoms with E-state index in [-0.39, 0.29) is 23.3 Å². The number of nitrogens with zero attached hydrogens (tertiary/aromatic N) is 2. The quantitative estimate of drug-likeness (QED) is 0.0790. The summed E-state index contributed by atoms with van der Waals surface area (Å²) in [6, 6.07) is 141. The fourth-order valence-corrected chi connectivity index (χ4v) is 20.0. The predicted molar refractivity (Wildman–Crippen MR) is 496 cm³/mol. The van der Waals surface area contributed by atoms with Gasteiger partial charge < -0.3 is 9.80 Å². The second kappa shape index (κ2) is 30.2. The number of halogens is 4. The van der Waals surface area contributed by atoms with Crippen LogP contribution in [0.5, 0.6) is 0 Å². The van der Waals surface area contributed by atoms with Crippen LogP contribution in [0.3, 0.4) is 0 Å². The minimum atomic E-state index is -0.879. The minimum Gasteiger partial charge on any atom is -0.310 e. The van der Waals surface area contributed by atoms with Crippen LogP contribution in [0.25, 0.3) is 121 Å². The molecule has 0 saturated carbocycles. The van der Waals surface area contributed by atoms with Crippen molar-refractivity contribution in [1.29, 1.82) is 0 Å². The second-order valence-electron chi connectivity index (χ2n) is 31.3. The predicted octanol–water partition coefficient (Wildman–Crippen LogP) is 31.6. The molecule has 2 atom stereocenters. The average molecular weight is 1580 g/mol. The van der Waals surface area contributed by atoms with Crippen molar-refractivity contribution in [2.24, 2.45) is 0 Å². The topological polar surface area (TPSA) is 6.48 Å². The van der Waals surface area contributed by atoms with Gasteiger partial charge in [0.05, 0.1) is 10.8 Å². The maximum absolute atomic E-state index is 15.5. The number of anilines is 6. The van der Waals surface area contributed by atoms with E-state index in [9.17, 15) is 8.78 Å². The highest BCUT2D eigenvalue weighted by Crippen LogP contribution is 2.60. The summed E-state index contributed by atoms with van der Waals surface area (Å²) in [5, 5.41) is 2.23. The first-order valence-corrected chi connectivity index (χ1v) is 41.4. The number of hydrogen-bond donors (Lipinski definition) is 0. The van der Waals surface area contributed by atoms with Gasteiger partial charge in [0.2, 0.25) is 0 Å². The van der Waals surface area contributed by atoms with Crippen LogP contribution in [0.1, 0.15) is 55.6 Å². The van der Waals surface area contributed by atoms with Crippen molar-refractivity contribution in [1.82, 2.24) is 0 Å². The minimum absolute atomic E-state index is 0.279. The Balaban J connectivity index is 0.724. The van der Waals surface area contributed by atoms with Crippen LogP contribution in [0.15, 0.2) is 426 Å². The Labute approximate surface area is 704 Å². The summed E-state index contributed by atoms with van der Waals surface area (Å²) in [7, 11) is 0. The van der Waals surface area contributed by atoms with Crippen molar-refractivity contribution >= 4 is 77.8 Å². The molecular formula is C114H74F4N2S. The van der Waals surface area contributed by atoms with Gasteiger partial charge in [0.15, 0.2) is 0 Å². The van der Waals surface area contributed by atoms with Gasteiger partial charge in [-0.15, -0.1) is 11.3 Å². The zero-order valence-electron chi connectivity index (χ0n) is 65.6. The van der Waals surface area contributed by atoms with Crippen LogP contribution >= 0.6 is 11.3 Å². The molecule has 0 fully saturated rings. The Morgan fingerprint density at radius 1 is 0.215 bits per heavy atom. The fraction of sp³-hybridized carbons (Fsp3) is 0.0175. The van der Waals surface area contributed by atoms with Crippen LogP contribution < -0.4 is 9.80 Å². The van der Waals surface area contributed by atoms with E-state index in [1.807, 2.05) is 60.7 Å². The van der Waals surface area contributed by atoms with E-state index in [1.54, 1.807) is 35.6 Å². The van der Waals surface area contributed by atoms with E-state index >= 15 is 8.78 Å². The van der Waals surface area contributed by atoms with Gasteiger partial charge in [-0.25, -0.2) is 17.6 Å². The Bertz CT molecular complexity index is 6790. The molecule has 2 unspecified atom stereocenters. The van der Waals surface area contributed by atoms with Crippen molar-refractivity contribution in [3.8, 4) is 89.0 Å². The highest BCUT2D eigenvalue weighted by Gasteiger charge is 2.48. The monoisotopic (exact) mass is 1580 g/mol. The molecular weight excluding hydrogens is 1510 g/mol. The molecule has 21 rings (SSSR count). The molecule has 7 heteroatoms. The molecule has 1 heterocycles. The van der Waals surface area contributed by atoms with E-state index in [0.29, 0.717) is 0 Å². The van der Waals surface area contributed by atoms with Crippen molar-refractivity contribution < 1.29 is 17.6 Å². The Morgan fingerprint density at radius 3 is 0.810 bits per heavy atom. The average Bonchev–Trinajstić information content (AvgIpc) is 1.54. The second-order valence-corrected chi connectivity index (χ2v) is 32.4. The van der Waals surface area contributed by atoms with Crippen LogP contribution in [-0.4, -0.2) is 0 Å². The maximum Gasteiger partial charge on any atom is 0.123 e. The zero-order valence-corrected chi connectivity index (χ0v) is 66.5. The van der Waals surface area contributed by atoms with Gasteiger partial charge in [0.1, 0.15) is 23.3 Å². The van der Waals surface area contributed by atoms with Gasteiger partial charge in [-0.3, -0.25) is 0 Å². The molecule has 0 spiro atoms. The van der Waals surface area contributed by atoms with Crippen molar-refractivity contribution in [3.63, 3.8) is 0 Å². The molecule has 1 aromatic heterocycles. The lowest BCUT2D eigenvalue weighted by Gasteiger charge is -2.35. The van der Waals surface area contributed by atoms with Gasteiger partial charge in [-0.2, -0.15) is 0 Å². The maximum atomic E-state index is 15.5. The lowest BCUT2D eigenvalue weighted by atomic mass is 9.67. The van der Waals surface area contributed by atoms with Crippen molar-refractivity contribution in [2.75, 3.05) is 9.80 Å². The molecule has 0 N–H and O–H groups in total. The third kappa shape index (κ3) is 12.8. The number of fused-ring (bicyclic) bond motifs is 9. The molecule has 18 aromatic carbocycles. The first kappa shape index (κ1) is 73.6. The lowest BCUT2D eigenvalue weighted by Crippen LogP contribution is -2.29. The van der Waals surface area contributed by atoms with E-state index in [2.05, 4.69) is 338 Å². The summed E-state index contributed by atoms with van der Waals surface area (Å²) in [5.74, 6) is -1.18. The van der Waals surface area contributed by atoms with Crippen molar-refractivity contribution in [2.45, 2.75) is 10.8 Å². The Kier molecular flexibility index (Phi) is 18.3. The summed E-state index contributed by atoms with van der Waals surface area (Å²) in [5.41, 5.74) is 31.0. The van der Waals surface area contributed by atoms with E-state index < -0.39 is 10.8 Å². The van der Waals surface area contributed by atoms with Gasteiger partial charge in [-0.1, -0.05) is 304 Å². The molecule has 2 aliphatic rings. The Morgan fingerprint density at radius 2 is 0.471 bits per heavy atom. The largest absolute Gasteiger partial charge is 0.310 e. The number of hydrogen-bond acceptors (Lipinski definition) is 3. The van der Waals surface area contributed by atoms with Crippen LogP contribution in [0.2, 0.25) is 0 Å². The molecule has 0 aliphatic heterocycles. The summed E-state index contributed by atoms with van der Waals surface area (Å²) in [6.07, 6.45) is 3.71. The van der Waals surface area contributed by atoms with Crippen LogP contribution in [-0.2, 0) is 10.8 Å². The van der Waals surface area contributed by atoms with Crippen molar-refractivity contribution in [3.05, 3.63) is 505 Å². The van der Waals surface area contributed by atoms with Gasteiger partial charge in [0, 0.05) is 54.3 Å². The first-order chi connectivity index (χ1) is 59.4. The van der Waals surface area contributed by atoms with Crippen LogP contribution in [0.4, 0.5) is 51.7 Å². The third-order valence-electron chi connectivity index (χ3n) is 24.7. The van der Waals surface area contributed by atoms with Crippen LogP contribution in [0, 0.1) is 23.3 Å². The summed E-state index contributed by atoms with van der Waals surface area (Å²) in [6.45, 7) is 7.99. The first-order valence-electron chi connectivity index (χ1n) is 40.6. The molecule has 121 heavy (non-hydrogen) atoms. The molecule has 0 amide bonds. The standard InChI is InChI=1S/C114H74F4N2S/c1-3-73-19-23-75(24-20-73)77-27-39-87(40-28-77)113(89-43-51-93(117)52-44-89)107-17-7-5-15-101(107)103-63-59-97(69-109(103)113)119(95-55-35-81(36-56-95)85-13-9-11-83(67-85)79-31-47-91(115)48-32-79)99-61-65-105-106-66-62-100(72-112(106)121-111(105)71-99)120(96-57-37-82(38-58-96)86-14-10-12-84(68-86)80-33-49-92(116)50-34-80)98-60-64-104-102-16-6-8-18-108(102)114(110(104)70-98,90-45-53-94(118)54-46-90)88-41-29-78(30-42-88)76-25-21-74(4-2)22-26-76/h3-72H,1-2H2. The molecule has 0 saturated heterocycles. The summed E-state index contributed by atoms with van der Waals surface area (Å²) in [4.78, 5) is 4.73. The summed E-state index contributed by atoms with van der Waals surface area (Å²) < 4.78 is 61.7. The molecule has 19 aromatic rings. The molecule has 574 valence electrons. The smallest absolute Gasteiger partial charge is 0.123 e. The third-order valence-corrected chi connectivity index (χ3v) is 25.8.